The van der Waals surface area contributed by atoms with Crippen LogP contribution in [-0.4, -0.2) is 55.4 Å². The van der Waals surface area contributed by atoms with Crippen molar-refractivity contribution in [2.75, 3.05) is 33.3 Å². The number of hydrogen-bond acceptors (Lipinski definition) is 3. The van der Waals surface area contributed by atoms with Crippen LogP contribution in [0.4, 0.5) is 0 Å². The summed E-state index contributed by atoms with van der Waals surface area (Å²) in [5.74, 6) is 0.609. The average Bonchev–Trinajstić information content (AvgIpc) is 2.51. The van der Waals surface area contributed by atoms with Crippen molar-refractivity contribution in [2.45, 2.75) is 32.6 Å². The molecule has 0 aromatic carbocycles. The third-order valence-corrected chi connectivity index (χ3v) is 5.32. The van der Waals surface area contributed by atoms with Gasteiger partial charge in [-0.2, -0.15) is 17.0 Å². The minimum Gasteiger partial charge on any atom is -0.396 e. The maximum absolute atomic E-state index is 12.2. The molecular weight excluding hydrogens is 240 g/mol. The molecule has 0 spiro atoms. The van der Waals surface area contributed by atoms with Gasteiger partial charge in [0.1, 0.15) is 0 Å². The SMILES string of the molecule is CC1CCCN(S(=O)(=O)N(C)CCCO)CC1. The van der Waals surface area contributed by atoms with Gasteiger partial charge in [0.2, 0.25) is 0 Å². The monoisotopic (exact) mass is 264 g/mol. The molecule has 1 heterocycles. The lowest BCUT2D eigenvalue weighted by Gasteiger charge is -2.26. The van der Waals surface area contributed by atoms with Gasteiger partial charge in [-0.25, -0.2) is 0 Å². The summed E-state index contributed by atoms with van der Waals surface area (Å²) in [7, 11) is -1.74. The van der Waals surface area contributed by atoms with Crippen molar-refractivity contribution in [3.8, 4) is 0 Å². The molecule has 0 aliphatic carbocycles. The number of rotatable bonds is 5. The van der Waals surface area contributed by atoms with E-state index >= 15 is 0 Å². The average molecular weight is 264 g/mol. The first-order valence-corrected chi connectivity index (χ1v) is 7.70. The van der Waals surface area contributed by atoms with E-state index in [2.05, 4.69) is 6.92 Å². The van der Waals surface area contributed by atoms with Crippen molar-refractivity contribution in [2.24, 2.45) is 5.92 Å². The van der Waals surface area contributed by atoms with Gasteiger partial charge in [0.15, 0.2) is 0 Å². The summed E-state index contributed by atoms with van der Waals surface area (Å²) in [6.45, 7) is 3.82. The maximum atomic E-state index is 12.2. The van der Waals surface area contributed by atoms with Crippen molar-refractivity contribution in [3.05, 3.63) is 0 Å². The van der Waals surface area contributed by atoms with Crippen molar-refractivity contribution in [1.82, 2.24) is 8.61 Å². The van der Waals surface area contributed by atoms with Crippen LogP contribution in [0.5, 0.6) is 0 Å². The van der Waals surface area contributed by atoms with Gasteiger partial charge in [-0.1, -0.05) is 6.92 Å². The van der Waals surface area contributed by atoms with Crippen LogP contribution in [0.1, 0.15) is 32.6 Å². The standard InChI is InChI=1S/C11H24N2O3S/c1-11-5-3-8-13(9-6-11)17(15,16)12(2)7-4-10-14/h11,14H,3-10H2,1-2H3. The molecule has 0 radical (unpaired) electrons. The first-order chi connectivity index (χ1) is 7.98. The van der Waals surface area contributed by atoms with Gasteiger partial charge in [0, 0.05) is 33.3 Å². The highest BCUT2D eigenvalue weighted by Crippen LogP contribution is 2.19. The number of hydrogen-bond donors (Lipinski definition) is 1. The van der Waals surface area contributed by atoms with Crippen LogP contribution in [0.15, 0.2) is 0 Å². The van der Waals surface area contributed by atoms with Crippen LogP contribution in [0.2, 0.25) is 0 Å². The summed E-state index contributed by atoms with van der Waals surface area (Å²) >= 11 is 0. The second kappa shape index (κ2) is 6.68. The fourth-order valence-corrected chi connectivity index (χ4v) is 3.52. The van der Waals surface area contributed by atoms with Crippen LogP contribution in [-0.2, 0) is 10.2 Å². The zero-order valence-electron chi connectivity index (χ0n) is 10.8. The molecule has 0 saturated carbocycles. The van der Waals surface area contributed by atoms with Crippen molar-refractivity contribution in [1.29, 1.82) is 0 Å². The van der Waals surface area contributed by atoms with Gasteiger partial charge in [0.05, 0.1) is 0 Å². The number of aliphatic hydroxyl groups excluding tert-OH is 1. The molecule has 1 saturated heterocycles. The maximum Gasteiger partial charge on any atom is 0.281 e. The summed E-state index contributed by atoms with van der Waals surface area (Å²) in [5.41, 5.74) is 0. The van der Waals surface area contributed by atoms with Crippen LogP contribution in [0.3, 0.4) is 0 Å². The Morgan fingerprint density at radius 2 is 2.06 bits per heavy atom. The van der Waals surface area contributed by atoms with Crippen molar-refractivity contribution >= 4 is 10.2 Å². The van der Waals surface area contributed by atoms with E-state index in [-0.39, 0.29) is 6.61 Å². The van der Waals surface area contributed by atoms with E-state index in [4.69, 9.17) is 5.11 Å². The molecule has 102 valence electrons. The van der Waals surface area contributed by atoms with Gasteiger partial charge < -0.3 is 5.11 Å². The topological polar surface area (TPSA) is 60.9 Å². The number of aliphatic hydroxyl groups is 1. The Hall–Kier alpha value is -0.170. The van der Waals surface area contributed by atoms with E-state index in [0.717, 1.165) is 19.3 Å². The first-order valence-electron chi connectivity index (χ1n) is 6.30. The van der Waals surface area contributed by atoms with Crippen LogP contribution in [0.25, 0.3) is 0 Å². The minimum atomic E-state index is -3.33. The van der Waals surface area contributed by atoms with E-state index in [1.165, 1.54) is 4.31 Å². The summed E-state index contributed by atoms with van der Waals surface area (Å²) in [6.07, 6.45) is 3.47. The molecule has 1 unspecified atom stereocenters. The molecule has 1 rings (SSSR count). The summed E-state index contributed by atoms with van der Waals surface area (Å²) in [6, 6.07) is 0. The van der Waals surface area contributed by atoms with E-state index in [0.29, 0.717) is 32.0 Å². The Morgan fingerprint density at radius 1 is 1.35 bits per heavy atom. The van der Waals surface area contributed by atoms with Gasteiger partial charge in [-0.3, -0.25) is 0 Å². The Labute approximate surface area is 105 Å². The molecule has 0 bridgehead atoms. The lowest BCUT2D eigenvalue weighted by Crippen LogP contribution is -2.42. The Morgan fingerprint density at radius 3 is 2.71 bits per heavy atom. The summed E-state index contributed by atoms with van der Waals surface area (Å²) in [4.78, 5) is 0. The Kier molecular flexibility index (Phi) is 5.85. The van der Waals surface area contributed by atoms with E-state index in [9.17, 15) is 8.42 Å². The van der Waals surface area contributed by atoms with Crippen LogP contribution < -0.4 is 0 Å². The normalized spacial score (nSPS) is 23.9. The zero-order chi connectivity index (χ0) is 12.9. The molecule has 1 aliphatic heterocycles. The lowest BCUT2D eigenvalue weighted by atomic mass is 10.0. The fraction of sp³-hybridized carbons (Fsp3) is 1.00. The Bertz CT molecular complexity index is 319. The second-order valence-corrected chi connectivity index (χ2v) is 6.88. The van der Waals surface area contributed by atoms with Crippen molar-refractivity contribution in [3.63, 3.8) is 0 Å². The third kappa shape index (κ3) is 4.21. The molecule has 1 N–H and O–H groups in total. The zero-order valence-corrected chi connectivity index (χ0v) is 11.6. The van der Waals surface area contributed by atoms with Gasteiger partial charge >= 0.3 is 0 Å². The number of nitrogens with zero attached hydrogens (tertiary/aromatic N) is 2. The van der Waals surface area contributed by atoms with Gasteiger partial charge in [-0.15, -0.1) is 0 Å². The summed E-state index contributed by atoms with van der Waals surface area (Å²) < 4.78 is 27.4. The molecular formula is C11H24N2O3S. The lowest BCUT2D eigenvalue weighted by molar-refractivity contribution is 0.271. The fourth-order valence-electron chi connectivity index (χ4n) is 2.07. The predicted molar refractivity (Wildman–Crippen MR) is 67.8 cm³/mol. The highest BCUT2D eigenvalue weighted by Gasteiger charge is 2.28. The Balaban J connectivity index is 2.62. The minimum absolute atomic E-state index is 0.0247. The molecule has 0 aromatic rings. The van der Waals surface area contributed by atoms with Gasteiger partial charge in [-0.05, 0) is 31.6 Å². The molecule has 0 aromatic heterocycles. The molecule has 0 amide bonds. The molecule has 1 aliphatic rings. The molecule has 1 atom stereocenters. The third-order valence-electron chi connectivity index (χ3n) is 3.33. The van der Waals surface area contributed by atoms with E-state index in [1.807, 2.05) is 0 Å². The molecule has 6 heteroatoms. The van der Waals surface area contributed by atoms with Gasteiger partial charge in [0.25, 0.3) is 10.2 Å². The molecule has 5 nitrogen and oxygen atoms in total. The first kappa shape index (κ1) is 14.9. The van der Waals surface area contributed by atoms with E-state index < -0.39 is 10.2 Å². The van der Waals surface area contributed by atoms with Crippen molar-refractivity contribution < 1.29 is 13.5 Å². The molecule has 1 fully saturated rings. The van der Waals surface area contributed by atoms with E-state index in [1.54, 1.807) is 11.4 Å². The highest BCUT2D eigenvalue weighted by molar-refractivity contribution is 7.86. The van der Waals surface area contributed by atoms with Crippen LogP contribution in [0, 0.1) is 5.92 Å². The summed E-state index contributed by atoms with van der Waals surface area (Å²) in [5, 5.41) is 8.74. The van der Waals surface area contributed by atoms with Crippen LogP contribution >= 0.6 is 0 Å². The highest BCUT2D eigenvalue weighted by atomic mass is 32.2. The smallest absolute Gasteiger partial charge is 0.281 e. The quantitative estimate of drug-likeness (QED) is 0.794. The molecule has 17 heavy (non-hydrogen) atoms. The predicted octanol–water partition coefficient (Wildman–Crippen LogP) is 0.667. The second-order valence-electron chi connectivity index (χ2n) is 4.84. The largest absolute Gasteiger partial charge is 0.396 e.